The fraction of sp³-hybridized carbons (Fsp3) is 0.737. The van der Waals surface area contributed by atoms with Gasteiger partial charge >= 0.3 is 0 Å². The molecule has 4 fully saturated rings. The predicted octanol–water partition coefficient (Wildman–Crippen LogP) is 1.95. The average Bonchev–Trinajstić information content (AvgIpc) is 2.59. The van der Waals surface area contributed by atoms with Crippen molar-refractivity contribution in [3.8, 4) is 0 Å². The van der Waals surface area contributed by atoms with E-state index in [1.165, 1.54) is 36.2 Å². The minimum atomic E-state index is -3.25. The van der Waals surface area contributed by atoms with Crippen molar-refractivity contribution >= 4 is 21.7 Å². The van der Waals surface area contributed by atoms with Gasteiger partial charge in [0.05, 0.1) is 23.9 Å². The molecule has 2 heterocycles. The van der Waals surface area contributed by atoms with E-state index in [0.717, 1.165) is 24.8 Å². The molecular formula is C19H26N4O3S. The lowest BCUT2D eigenvalue weighted by Gasteiger charge is -2.55. The van der Waals surface area contributed by atoms with Crippen LogP contribution in [0.2, 0.25) is 0 Å². The van der Waals surface area contributed by atoms with Crippen LogP contribution < -0.4 is 5.32 Å². The van der Waals surface area contributed by atoms with E-state index in [0.29, 0.717) is 42.2 Å². The maximum absolute atomic E-state index is 13.3. The zero-order valence-corrected chi connectivity index (χ0v) is 16.5. The third-order valence-electron chi connectivity index (χ3n) is 7.19. The van der Waals surface area contributed by atoms with Crippen LogP contribution in [0.5, 0.6) is 0 Å². The average molecular weight is 391 g/mol. The molecule has 0 spiro atoms. The number of hydrogen-bond donors (Lipinski definition) is 1. The van der Waals surface area contributed by atoms with Crippen LogP contribution in [0, 0.1) is 23.2 Å². The molecule has 4 bridgehead atoms. The largest absolute Gasteiger partial charge is 0.310 e. The topological polar surface area (TPSA) is 92.3 Å². The van der Waals surface area contributed by atoms with E-state index in [1.54, 1.807) is 0 Å². The zero-order valence-electron chi connectivity index (χ0n) is 15.6. The Bertz CT molecular complexity index is 863. The molecule has 0 unspecified atom stereocenters. The van der Waals surface area contributed by atoms with E-state index < -0.39 is 10.0 Å². The number of amides is 1. The van der Waals surface area contributed by atoms with Gasteiger partial charge in [0, 0.05) is 12.1 Å². The molecule has 27 heavy (non-hydrogen) atoms. The van der Waals surface area contributed by atoms with Crippen molar-refractivity contribution in [3.05, 3.63) is 17.6 Å². The molecule has 1 N–H and O–H groups in total. The number of rotatable bonds is 3. The number of nitrogens with one attached hydrogen (secondary N) is 1. The highest BCUT2D eigenvalue weighted by atomic mass is 32.2. The maximum Gasteiger partial charge on any atom is 0.231 e. The maximum atomic E-state index is 13.3. The molecule has 1 aromatic rings. The Morgan fingerprint density at radius 2 is 1.78 bits per heavy atom. The molecule has 4 aliphatic carbocycles. The van der Waals surface area contributed by atoms with Gasteiger partial charge in [-0.1, -0.05) is 0 Å². The van der Waals surface area contributed by atoms with Gasteiger partial charge in [-0.3, -0.25) is 4.79 Å². The Labute approximate surface area is 160 Å². The summed E-state index contributed by atoms with van der Waals surface area (Å²) in [5.74, 6) is 2.83. The number of carbonyl (C=O) groups excluding carboxylic acids is 1. The smallest absolute Gasteiger partial charge is 0.231 e. The summed E-state index contributed by atoms with van der Waals surface area (Å²) in [5, 5.41) is 3.12. The molecule has 1 amide bonds. The number of carbonyl (C=O) groups is 1. The van der Waals surface area contributed by atoms with E-state index in [9.17, 15) is 13.2 Å². The van der Waals surface area contributed by atoms with Crippen molar-refractivity contribution in [3.63, 3.8) is 0 Å². The van der Waals surface area contributed by atoms with Crippen molar-refractivity contribution < 1.29 is 13.2 Å². The highest BCUT2D eigenvalue weighted by Gasteiger charge is 2.54. The number of fused-ring (bicyclic) bond motifs is 1. The van der Waals surface area contributed by atoms with E-state index in [1.807, 2.05) is 0 Å². The van der Waals surface area contributed by atoms with Crippen molar-refractivity contribution in [2.24, 2.45) is 23.2 Å². The van der Waals surface area contributed by atoms with Gasteiger partial charge in [0.1, 0.15) is 12.1 Å². The van der Waals surface area contributed by atoms with Crippen molar-refractivity contribution in [2.75, 3.05) is 18.1 Å². The lowest BCUT2D eigenvalue weighted by atomic mass is 9.49. The number of hydrogen-bond acceptors (Lipinski definition) is 5. The Hall–Kier alpha value is -1.54. The minimum absolute atomic E-state index is 0.119. The van der Waals surface area contributed by atoms with Crippen LogP contribution in [0.1, 0.15) is 49.8 Å². The molecular weight excluding hydrogens is 364 g/mol. The van der Waals surface area contributed by atoms with Gasteiger partial charge in [0.15, 0.2) is 0 Å². The number of nitrogens with zero attached hydrogens (tertiary/aromatic N) is 3. The Balaban J connectivity index is 1.39. The first-order valence-corrected chi connectivity index (χ1v) is 11.8. The fourth-order valence-electron chi connectivity index (χ4n) is 6.35. The van der Waals surface area contributed by atoms with E-state index >= 15 is 0 Å². The van der Waals surface area contributed by atoms with Gasteiger partial charge in [-0.2, -0.15) is 4.31 Å². The molecule has 4 saturated carbocycles. The van der Waals surface area contributed by atoms with Crippen LogP contribution in [0.25, 0.3) is 0 Å². The second-order valence-electron chi connectivity index (χ2n) is 9.15. The van der Waals surface area contributed by atoms with Crippen LogP contribution in [-0.2, 0) is 27.8 Å². The highest BCUT2D eigenvalue weighted by molar-refractivity contribution is 7.88. The van der Waals surface area contributed by atoms with Gasteiger partial charge in [-0.15, -0.1) is 0 Å². The fourth-order valence-corrected chi connectivity index (χ4v) is 7.13. The second-order valence-corrected chi connectivity index (χ2v) is 11.1. The minimum Gasteiger partial charge on any atom is -0.310 e. The molecule has 6 rings (SSSR count). The van der Waals surface area contributed by atoms with Crippen molar-refractivity contribution in [2.45, 2.75) is 51.5 Å². The quantitative estimate of drug-likeness (QED) is 0.852. The first-order valence-electron chi connectivity index (χ1n) is 9.92. The lowest BCUT2D eigenvalue weighted by Crippen LogP contribution is -2.52. The molecule has 0 radical (unpaired) electrons. The molecule has 146 valence electrons. The number of anilines is 1. The van der Waals surface area contributed by atoms with Gasteiger partial charge in [0.2, 0.25) is 15.9 Å². The Morgan fingerprint density at radius 1 is 1.15 bits per heavy atom. The number of aromatic nitrogens is 2. The van der Waals surface area contributed by atoms with Gasteiger partial charge in [-0.05, 0) is 62.7 Å². The van der Waals surface area contributed by atoms with E-state index in [2.05, 4.69) is 15.3 Å². The summed E-state index contributed by atoms with van der Waals surface area (Å²) in [4.78, 5) is 21.9. The standard InChI is InChI=1S/C19H26N4O3S/c1-27(25,26)23-3-2-15-16(10-23)20-11-21-17(15)22-18(24)19-7-12-4-13(8-19)6-14(5-12)9-19/h11-14H,2-10H2,1H3,(H,20,21,22,24). The molecule has 5 aliphatic rings. The van der Waals surface area contributed by atoms with Crippen LogP contribution >= 0.6 is 0 Å². The van der Waals surface area contributed by atoms with Crippen LogP contribution in [0.4, 0.5) is 5.82 Å². The summed E-state index contributed by atoms with van der Waals surface area (Å²) in [5.41, 5.74) is 1.36. The molecule has 1 aliphatic heterocycles. The Kier molecular flexibility index (Phi) is 3.89. The lowest BCUT2D eigenvalue weighted by molar-refractivity contribution is -0.140. The van der Waals surface area contributed by atoms with E-state index in [-0.39, 0.29) is 17.9 Å². The zero-order chi connectivity index (χ0) is 18.8. The summed E-state index contributed by atoms with van der Waals surface area (Å²) in [6.07, 6.45) is 10.1. The SMILES string of the molecule is CS(=O)(=O)N1CCc2c(ncnc2NC(=O)C23CC4CC(CC(C4)C2)C3)C1. The first-order chi connectivity index (χ1) is 12.8. The molecule has 7 nitrogen and oxygen atoms in total. The van der Waals surface area contributed by atoms with Crippen LogP contribution in [0.3, 0.4) is 0 Å². The monoisotopic (exact) mass is 390 g/mol. The Morgan fingerprint density at radius 3 is 2.37 bits per heavy atom. The highest BCUT2D eigenvalue weighted by Crippen LogP contribution is 2.60. The summed E-state index contributed by atoms with van der Waals surface area (Å²) >= 11 is 0. The van der Waals surface area contributed by atoms with E-state index in [4.69, 9.17) is 0 Å². The molecule has 0 aromatic carbocycles. The normalized spacial score (nSPS) is 35.1. The third kappa shape index (κ3) is 2.97. The molecule has 1 aromatic heterocycles. The summed E-state index contributed by atoms with van der Waals surface area (Å²) in [7, 11) is -3.25. The summed E-state index contributed by atoms with van der Waals surface area (Å²) < 4.78 is 25.1. The van der Waals surface area contributed by atoms with Crippen molar-refractivity contribution in [1.82, 2.24) is 14.3 Å². The number of sulfonamides is 1. The van der Waals surface area contributed by atoms with Crippen molar-refractivity contribution in [1.29, 1.82) is 0 Å². The summed E-state index contributed by atoms with van der Waals surface area (Å²) in [6.45, 7) is 0.649. The van der Waals surface area contributed by atoms with Gasteiger partial charge in [0.25, 0.3) is 0 Å². The molecule has 8 heteroatoms. The molecule has 0 saturated heterocycles. The summed E-state index contributed by atoms with van der Waals surface area (Å²) in [6, 6.07) is 0. The van der Waals surface area contributed by atoms with Crippen LogP contribution in [-0.4, -0.2) is 41.4 Å². The predicted molar refractivity (Wildman–Crippen MR) is 100 cm³/mol. The van der Waals surface area contributed by atoms with Crippen LogP contribution in [0.15, 0.2) is 6.33 Å². The molecule has 0 atom stereocenters. The second kappa shape index (κ2) is 5.98. The first kappa shape index (κ1) is 17.6. The van der Waals surface area contributed by atoms with Gasteiger partial charge < -0.3 is 5.32 Å². The van der Waals surface area contributed by atoms with Gasteiger partial charge in [-0.25, -0.2) is 18.4 Å². The third-order valence-corrected chi connectivity index (χ3v) is 8.44.